The van der Waals surface area contributed by atoms with Crippen LogP contribution in [0.5, 0.6) is 0 Å². The number of hydrogen-bond acceptors (Lipinski definition) is 3. The quantitative estimate of drug-likeness (QED) is 0.756. The Labute approximate surface area is 110 Å². The molecule has 0 heterocycles. The van der Waals surface area contributed by atoms with Gasteiger partial charge < -0.3 is 10.6 Å². The molecule has 0 unspecified atom stereocenters. The van der Waals surface area contributed by atoms with Gasteiger partial charge in [0.25, 0.3) is 0 Å². The molecule has 1 aromatic rings. The van der Waals surface area contributed by atoms with Crippen molar-refractivity contribution in [1.82, 2.24) is 4.90 Å². The number of nitrogens with two attached hydrogens (primary N) is 1. The Morgan fingerprint density at radius 1 is 1.18 bits per heavy atom. The Morgan fingerprint density at radius 3 is 2.24 bits per heavy atom. The zero-order valence-corrected chi connectivity index (χ0v) is 12.0. The van der Waals surface area contributed by atoms with Gasteiger partial charge >= 0.3 is 0 Å². The molecule has 0 radical (unpaired) electrons. The van der Waals surface area contributed by atoms with Crippen LogP contribution in [0.25, 0.3) is 0 Å². The van der Waals surface area contributed by atoms with E-state index in [9.17, 15) is 0 Å². The van der Waals surface area contributed by atoms with Crippen molar-refractivity contribution in [3.63, 3.8) is 0 Å². The highest BCUT2D eigenvalue weighted by Crippen LogP contribution is 2.20. The van der Waals surface area contributed by atoms with Crippen molar-refractivity contribution in [2.45, 2.75) is 31.7 Å². The summed E-state index contributed by atoms with van der Waals surface area (Å²) >= 11 is 1.92. The molecule has 1 atom stereocenters. The normalized spacial score (nSPS) is 13.0. The summed E-state index contributed by atoms with van der Waals surface area (Å²) in [5.41, 5.74) is 7.03. The van der Waals surface area contributed by atoms with E-state index in [1.807, 2.05) is 18.7 Å². The van der Waals surface area contributed by atoms with Crippen molar-refractivity contribution < 1.29 is 0 Å². The monoisotopic (exact) mass is 252 g/mol. The Hall–Kier alpha value is -0.510. The predicted octanol–water partition coefficient (Wildman–Crippen LogP) is 3.14. The summed E-state index contributed by atoms with van der Waals surface area (Å²) in [5, 5.41) is 0. The van der Waals surface area contributed by atoms with Crippen molar-refractivity contribution in [2.24, 2.45) is 5.73 Å². The fourth-order valence-corrected chi connectivity index (χ4v) is 2.61. The molecule has 0 aliphatic heterocycles. The number of nitrogens with zero attached hydrogens (tertiary/aromatic N) is 1. The maximum atomic E-state index is 5.83. The standard InChI is InChI=1S/C14H24N2S/c1-4-16(5-2)10-11-17-14-8-6-13(7-9-14)12(3)15/h6-9,12H,4-5,10-11,15H2,1-3H3/t12-/m1/s1. The molecular weight excluding hydrogens is 228 g/mol. The zero-order chi connectivity index (χ0) is 12.7. The van der Waals surface area contributed by atoms with Crippen LogP contribution in [-0.4, -0.2) is 30.3 Å². The van der Waals surface area contributed by atoms with E-state index in [4.69, 9.17) is 5.73 Å². The number of thioether (sulfide) groups is 1. The van der Waals surface area contributed by atoms with Gasteiger partial charge in [-0.1, -0.05) is 26.0 Å². The van der Waals surface area contributed by atoms with Crippen LogP contribution in [0.2, 0.25) is 0 Å². The van der Waals surface area contributed by atoms with Crippen LogP contribution in [0.15, 0.2) is 29.2 Å². The smallest absolute Gasteiger partial charge is 0.0266 e. The van der Waals surface area contributed by atoms with Gasteiger partial charge in [-0.3, -0.25) is 0 Å². The molecule has 0 amide bonds. The molecule has 0 aliphatic rings. The van der Waals surface area contributed by atoms with Gasteiger partial charge in [0.1, 0.15) is 0 Å². The Kier molecular flexibility index (Phi) is 6.63. The second-order valence-corrected chi connectivity index (χ2v) is 5.40. The van der Waals surface area contributed by atoms with E-state index in [1.54, 1.807) is 0 Å². The van der Waals surface area contributed by atoms with E-state index in [1.165, 1.54) is 10.5 Å². The highest BCUT2D eigenvalue weighted by atomic mass is 32.2. The Bertz CT molecular complexity index is 305. The summed E-state index contributed by atoms with van der Waals surface area (Å²) in [6, 6.07) is 8.73. The third-order valence-electron chi connectivity index (χ3n) is 2.98. The third kappa shape index (κ3) is 5.11. The van der Waals surface area contributed by atoms with Gasteiger partial charge in [0, 0.05) is 23.2 Å². The summed E-state index contributed by atoms with van der Waals surface area (Å²) in [4.78, 5) is 3.78. The van der Waals surface area contributed by atoms with E-state index in [2.05, 4.69) is 43.0 Å². The van der Waals surface area contributed by atoms with Gasteiger partial charge in [-0.25, -0.2) is 0 Å². The summed E-state index contributed by atoms with van der Waals surface area (Å²) in [6.45, 7) is 9.88. The Balaban J connectivity index is 2.37. The lowest BCUT2D eigenvalue weighted by Gasteiger charge is -2.17. The van der Waals surface area contributed by atoms with E-state index in [0.717, 1.165) is 25.4 Å². The average molecular weight is 252 g/mol. The maximum Gasteiger partial charge on any atom is 0.0266 e. The van der Waals surface area contributed by atoms with Crippen LogP contribution in [-0.2, 0) is 0 Å². The van der Waals surface area contributed by atoms with Crippen molar-refractivity contribution in [1.29, 1.82) is 0 Å². The van der Waals surface area contributed by atoms with Gasteiger partial charge in [-0.15, -0.1) is 11.8 Å². The molecule has 3 heteroatoms. The van der Waals surface area contributed by atoms with Gasteiger partial charge in [-0.2, -0.15) is 0 Å². The van der Waals surface area contributed by atoms with Crippen LogP contribution in [0.4, 0.5) is 0 Å². The highest BCUT2D eigenvalue weighted by molar-refractivity contribution is 7.99. The van der Waals surface area contributed by atoms with Crippen LogP contribution in [0, 0.1) is 0 Å². The van der Waals surface area contributed by atoms with Crippen molar-refractivity contribution >= 4 is 11.8 Å². The SMILES string of the molecule is CCN(CC)CCSc1ccc([C@@H](C)N)cc1. The molecule has 0 aromatic heterocycles. The van der Waals surface area contributed by atoms with Crippen molar-refractivity contribution in [2.75, 3.05) is 25.4 Å². The minimum Gasteiger partial charge on any atom is -0.324 e. The zero-order valence-electron chi connectivity index (χ0n) is 11.1. The Morgan fingerprint density at radius 2 is 1.76 bits per heavy atom. The molecule has 0 aliphatic carbocycles. The molecule has 0 bridgehead atoms. The number of rotatable bonds is 7. The number of benzene rings is 1. The first-order chi connectivity index (χ1) is 8.17. The predicted molar refractivity (Wildman–Crippen MR) is 77.6 cm³/mol. The topological polar surface area (TPSA) is 29.3 Å². The largest absolute Gasteiger partial charge is 0.324 e. The van der Waals surface area contributed by atoms with Crippen LogP contribution in [0.1, 0.15) is 32.4 Å². The minimum absolute atomic E-state index is 0.129. The second-order valence-electron chi connectivity index (χ2n) is 4.23. The fourth-order valence-electron chi connectivity index (χ4n) is 1.70. The first-order valence-corrected chi connectivity index (χ1v) is 7.36. The summed E-state index contributed by atoms with van der Waals surface area (Å²) in [5.74, 6) is 1.15. The molecule has 96 valence electrons. The lowest BCUT2D eigenvalue weighted by Crippen LogP contribution is -2.25. The molecule has 1 aromatic carbocycles. The van der Waals surface area contributed by atoms with E-state index >= 15 is 0 Å². The van der Waals surface area contributed by atoms with Crippen LogP contribution in [0.3, 0.4) is 0 Å². The summed E-state index contributed by atoms with van der Waals surface area (Å²) in [6.07, 6.45) is 0. The van der Waals surface area contributed by atoms with Gasteiger partial charge in [0.05, 0.1) is 0 Å². The van der Waals surface area contributed by atoms with Gasteiger partial charge in [-0.05, 0) is 37.7 Å². The van der Waals surface area contributed by atoms with Crippen LogP contribution >= 0.6 is 11.8 Å². The lowest BCUT2D eigenvalue weighted by atomic mass is 10.1. The summed E-state index contributed by atoms with van der Waals surface area (Å²) in [7, 11) is 0. The fraction of sp³-hybridized carbons (Fsp3) is 0.571. The summed E-state index contributed by atoms with van der Waals surface area (Å²) < 4.78 is 0. The van der Waals surface area contributed by atoms with E-state index in [-0.39, 0.29) is 6.04 Å². The van der Waals surface area contributed by atoms with Gasteiger partial charge in [0.2, 0.25) is 0 Å². The minimum atomic E-state index is 0.129. The molecule has 2 N–H and O–H groups in total. The molecular formula is C14H24N2S. The average Bonchev–Trinajstić information content (AvgIpc) is 2.35. The molecule has 17 heavy (non-hydrogen) atoms. The molecule has 0 saturated carbocycles. The molecule has 2 nitrogen and oxygen atoms in total. The van der Waals surface area contributed by atoms with Crippen molar-refractivity contribution in [3.8, 4) is 0 Å². The molecule has 1 rings (SSSR count). The molecule has 0 saturated heterocycles. The van der Waals surface area contributed by atoms with E-state index < -0.39 is 0 Å². The van der Waals surface area contributed by atoms with E-state index in [0.29, 0.717) is 0 Å². The first-order valence-electron chi connectivity index (χ1n) is 6.38. The molecule has 0 fully saturated rings. The first kappa shape index (κ1) is 14.6. The second kappa shape index (κ2) is 7.75. The van der Waals surface area contributed by atoms with Gasteiger partial charge in [0.15, 0.2) is 0 Å². The number of hydrogen-bond donors (Lipinski definition) is 1. The van der Waals surface area contributed by atoms with Crippen LogP contribution < -0.4 is 5.73 Å². The highest BCUT2D eigenvalue weighted by Gasteiger charge is 2.01. The third-order valence-corrected chi connectivity index (χ3v) is 3.97. The van der Waals surface area contributed by atoms with Crippen molar-refractivity contribution in [3.05, 3.63) is 29.8 Å². The molecule has 0 spiro atoms. The lowest BCUT2D eigenvalue weighted by molar-refractivity contribution is 0.324. The maximum absolute atomic E-state index is 5.83.